The van der Waals surface area contributed by atoms with Gasteiger partial charge in [0.25, 0.3) is 5.91 Å². The molecule has 0 unspecified atom stereocenters. The fourth-order valence-corrected chi connectivity index (χ4v) is 4.31. The summed E-state index contributed by atoms with van der Waals surface area (Å²) in [5.74, 6) is 0.391. The second kappa shape index (κ2) is 8.00. The van der Waals surface area contributed by atoms with Crippen LogP contribution in [0.2, 0.25) is 0 Å². The molecule has 3 aromatic rings. The average molecular weight is 426 g/mol. The van der Waals surface area contributed by atoms with Gasteiger partial charge >= 0.3 is 0 Å². The lowest BCUT2D eigenvalue weighted by Gasteiger charge is -2.21. The summed E-state index contributed by atoms with van der Waals surface area (Å²) >= 11 is 0. The zero-order chi connectivity index (χ0) is 21.3. The maximum Gasteiger partial charge on any atom is 0.254 e. The zero-order valence-electron chi connectivity index (χ0n) is 16.8. The molecule has 8 nitrogen and oxygen atoms in total. The minimum absolute atomic E-state index is 0.0244. The molecule has 1 fully saturated rings. The van der Waals surface area contributed by atoms with Gasteiger partial charge in [-0.3, -0.25) is 4.79 Å². The molecular weight excluding hydrogens is 402 g/mol. The molecule has 156 valence electrons. The summed E-state index contributed by atoms with van der Waals surface area (Å²) in [7, 11) is -2.12. The number of likely N-dealkylation sites (tertiary alicyclic amines) is 1. The first-order valence-corrected chi connectivity index (χ1v) is 11.2. The normalized spacial score (nSPS) is 16.7. The minimum atomic E-state index is -3.49. The van der Waals surface area contributed by atoms with Crippen molar-refractivity contribution < 1.29 is 13.2 Å². The molecule has 0 aliphatic carbocycles. The smallest absolute Gasteiger partial charge is 0.254 e. The number of sulfonamides is 1. The van der Waals surface area contributed by atoms with Crippen molar-refractivity contribution in [1.29, 1.82) is 0 Å². The van der Waals surface area contributed by atoms with Crippen molar-refractivity contribution in [1.82, 2.24) is 19.6 Å². The van der Waals surface area contributed by atoms with Gasteiger partial charge in [-0.2, -0.15) is 0 Å². The molecular formula is C21H23N5O3S. The molecule has 2 heterocycles. The van der Waals surface area contributed by atoms with E-state index in [1.54, 1.807) is 24.4 Å². The van der Waals surface area contributed by atoms with Crippen LogP contribution in [0.4, 0.5) is 11.6 Å². The molecule has 1 saturated heterocycles. The number of benzene rings is 2. The van der Waals surface area contributed by atoms with Gasteiger partial charge in [0.05, 0.1) is 10.4 Å². The van der Waals surface area contributed by atoms with Crippen molar-refractivity contribution in [2.75, 3.05) is 18.9 Å². The Hall–Kier alpha value is -3.04. The molecule has 30 heavy (non-hydrogen) atoms. The van der Waals surface area contributed by atoms with Crippen molar-refractivity contribution in [2.24, 2.45) is 0 Å². The van der Waals surface area contributed by atoms with E-state index in [1.807, 2.05) is 17.0 Å². The number of nitrogens with zero attached hydrogens (tertiary/aromatic N) is 3. The number of fused-ring (bicyclic) bond motifs is 1. The van der Waals surface area contributed by atoms with Crippen molar-refractivity contribution in [3.05, 3.63) is 54.2 Å². The lowest BCUT2D eigenvalue weighted by atomic mass is 10.1. The fourth-order valence-electron chi connectivity index (χ4n) is 3.58. The Bertz CT molecular complexity index is 1190. The van der Waals surface area contributed by atoms with Crippen LogP contribution in [0.3, 0.4) is 0 Å². The highest BCUT2D eigenvalue weighted by atomic mass is 32.2. The molecule has 1 atom stereocenters. The van der Waals surface area contributed by atoms with Gasteiger partial charge in [-0.25, -0.2) is 23.1 Å². The van der Waals surface area contributed by atoms with Gasteiger partial charge < -0.3 is 10.2 Å². The summed E-state index contributed by atoms with van der Waals surface area (Å²) < 4.78 is 25.9. The van der Waals surface area contributed by atoms with Gasteiger partial charge in [-0.15, -0.1) is 0 Å². The number of anilines is 2. The molecule has 0 saturated carbocycles. The Balaban J connectivity index is 1.57. The molecule has 1 aliphatic rings. The van der Waals surface area contributed by atoms with Gasteiger partial charge in [0.2, 0.25) is 16.0 Å². The summed E-state index contributed by atoms with van der Waals surface area (Å²) in [6, 6.07) is 12.0. The van der Waals surface area contributed by atoms with Crippen molar-refractivity contribution in [3.8, 4) is 0 Å². The monoisotopic (exact) mass is 425 g/mol. The highest BCUT2D eigenvalue weighted by molar-refractivity contribution is 7.89. The number of hydrogen-bond acceptors (Lipinski definition) is 6. The second-order valence-corrected chi connectivity index (χ2v) is 9.20. The Labute approximate surface area is 175 Å². The van der Waals surface area contributed by atoms with Crippen molar-refractivity contribution in [3.63, 3.8) is 0 Å². The first-order valence-electron chi connectivity index (χ1n) is 9.76. The van der Waals surface area contributed by atoms with Crippen LogP contribution >= 0.6 is 0 Å². The van der Waals surface area contributed by atoms with Crippen LogP contribution in [0.25, 0.3) is 10.9 Å². The van der Waals surface area contributed by atoms with Gasteiger partial charge in [0.15, 0.2) is 0 Å². The quantitative estimate of drug-likeness (QED) is 0.651. The largest absolute Gasteiger partial charge is 0.336 e. The lowest BCUT2D eigenvalue weighted by molar-refractivity contribution is 0.0747. The molecule has 1 aromatic heterocycles. The van der Waals surface area contributed by atoms with Gasteiger partial charge in [-0.1, -0.05) is 6.07 Å². The van der Waals surface area contributed by atoms with E-state index in [9.17, 15) is 13.2 Å². The first kappa shape index (κ1) is 20.2. The van der Waals surface area contributed by atoms with Gasteiger partial charge in [0.1, 0.15) is 0 Å². The van der Waals surface area contributed by atoms with Crippen LogP contribution in [0.5, 0.6) is 0 Å². The molecule has 9 heteroatoms. The number of aromatic nitrogens is 2. The third-order valence-corrected chi connectivity index (χ3v) is 6.76. The summed E-state index contributed by atoms with van der Waals surface area (Å²) in [6.45, 7) is 2.86. The first-order chi connectivity index (χ1) is 14.4. The summed E-state index contributed by atoms with van der Waals surface area (Å²) in [5.41, 5.74) is 1.93. The highest BCUT2D eigenvalue weighted by Gasteiger charge is 2.26. The maximum absolute atomic E-state index is 12.8. The molecule has 0 bridgehead atoms. The van der Waals surface area contributed by atoms with E-state index in [-0.39, 0.29) is 16.8 Å². The molecule has 2 N–H and O–H groups in total. The van der Waals surface area contributed by atoms with Gasteiger partial charge in [0, 0.05) is 35.4 Å². The van der Waals surface area contributed by atoms with E-state index >= 15 is 0 Å². The number of amides is 1. The van der Waals surface area contributed by atoms with Crippen molar-refractivity contribution >= 4 is 38.5 Å². The van der Waals surface area contributed by atoms with Crippen LogP contribution in [-0.2, 0) is 10.0 Å². The molecule has 4 rings (SSSR count). The molecule has 1 aliphatic heterocycles. The summed E-state index contributed by atoms with van der Waals surface area (Å²) in [6.07, 6.45) is 3.76. The second-order valence-electron chi connectivity index (χ2n) is 7.31. The SMILES string of the molecule is CNS(=O)(=O)c1ccc(Nc2ncc3ccc(C(=O)N4CCC[C@@H]4C)cc3n2)cc1. The van der Waals surface area contributed by atoms with E-state index < -0.39 is 10.0 Å². The van der Waals surface area contributed by atoms with E-state index in [0.29, 0.717) is 22.7 Å². The highest BCUT2D eigenvalue weighted by Crippen LogP contribution is 2.23. The number of hydrogen-bond donors (Lipinski definition) is 2. The summed E-state index contributed by atoms with van der Waals surface area (Å²) in [4.78, 5) is 23.7. The number of carbonyl (C=O) groups excluding carboxylic acids is 1. The van der Waals surface area contributed by atoms with E-state index in [1.165, 1.54) is 19.2 Å². The minimum Gasteiger partial charge on any atom is -0.336 e. The Morgan fingerprint density at radius 2 is 1.93 bits per heavy atom. The topological polar surface area (TPSA) is 104 Å². The Morgan fingerprint density at radius 3 is 2.60 bits per heavy atom. The van der Waals surface area contributed by atoms with Crippen LogP contribution in [0.1, 0.15) is 30.1 Å². The van der Waals surface area contributed by atoms with E-state index in [2.05, 4.69) is 26.9 Å². The Kier molecular flexibility index (Phi) is 5.40. The number of rotatable bonds is 5. The number of nitrogens with one attached hydrogen (secondary N) is 2. The average Bonchev–Trinajstić information content (AvgIpc) is 3.19. The van der Waals surface area contributed by atoms with Gasteiger partial charge in [-0.05, 0) is 63.2 Å². The lowest BCUT2D eigenvalue weighted by Crippen LogP contribution is -2.33. The Morgan fingerprint density at radius 1 is 1.17 bits per heavy atom. The summed E-state index contributed by atoms with van der Waals surface area (Å²) in [5, 5.41) is 3.91. The van der Waals surface area contributed by atoms with Crippen LogP contribution in [0, 0.1) is 0 Å². The standard InChI is InChI=1S/C21H23N5O3S/c1-14-4-3-11-26(14)20(27)15-5-6-16-13-23-21(25-19(16)12-15)24-17-7-9-18(10-8-17)30(28,29)22-2/h5-10,12-14,22H,3-4,11H2,1-2H3,(H,23,24,25)/t14-/m0/s1. The van der Waals surface area contributed by atoms with Crippen molar-refractivity contribution in [2.45, 2.75) is 30.7 Å². The number of carbonyl (C=O) groups is 1. The van der Waals surface area contributed by atoms with Crippen LogP contribution in [0.15, 0.2) is 53.6 Å². The predicted molar refractivity (Wildman–Crippen MR) is 115 cm³/mol. The molecule has 2 aromatic carbocycles. The fraction of sp³-hybridized carbons (Fsp3) is 0.286. The van der Waals surface area contributed by atoms with Crippen LogP contribution < -0.4 is 10.0 Å². The predicted octanol–water partition coefficient (Wildman–Crippen LogP) is 2.91. The molecule has 0 radical (unpaired) electrons. The zero-order valence-corrected chi connectivity index (χ0v) is 17.6. The molecule has 0 spiro atoms. The van der Waals surface area contributed by atoms with E-state index in [0.717, 1.165) is 24.8 Å². The molecule has 1 amide bonds. The maximum atomic E-state index is 12.8. The third-order valence-electron chi connectivity index (χ3n) is 5.33. The van der Waals surface area contributed by atoms with E-state index in [4.69, 9.17) is 0 Å². The van der Waals surface area contributed by atoms with Crippen LogP contribution in [-0.4, -0.2) is 48.8 Å². The third kappa shape index (κ3) is 3.99.